The lowest BCUT2D eigenvalue weighted by atomic mass is 9.98. The van der Waals surface area contributed by atoms with Crippen LogP contribution in [-0.2, 0) is 0 Å². The summed E-state index contributed by atoms with van der Waals surface area (Å²) in [5.74, 6) is 0. The van der Waals surface area contributed by atoms with E-state index in [1.807, 2.05) is 0 Å². The molecule has 0 aromatic carbocycles. The van der Waals surface area contributed by atoms with Gasteiger partial charge in [0.2, 0.25) is 0 Å². The maximum atomic E-state index is 12.7. The Hall–Kier alpha value is -1.01. The lowest BCUT2D eigenvalue weighted by Gasteiger charge is -2.19. The molecular formula is C10H13F6N. The van der Waals surface area contributed by atoms with Gasteiger partial charge in [0, 0.05) is 7.05 Å². The third kappa shape index (κ3) is 4.05. The first-order valence-corrected chi connectivity index (χ1v) is 4.93. The SMILES string of the molecule is CCC(CC)=C(/C(=N/C)C(F)(F)F)C(F)(F)F. The molecule has 0 rings (SSSR count). The number of allylic oxidation sites excluding steroid dienone is 2. The number of halogens is 6. The molecule has 0 amide bonds. The number of hydrogen-bond donors (Lipinski definition) is 0. The van der Waals surface area contributed by atoms with Gasteiger partial charge >= 0.3 is 12.4 Å². The Kier molecular flexibility index (Phi) is 5.22. The predicted octanol–water partition coefficient (Wildman–Crippen LogP) is 4.30. The van der Waals surface area contributed by atoms with Crippen molar-refractivity contribution in [3.05, 3.63) is 11.1 Å². The van der Waals surface area contributed by atoms with Crippen LogP contribution in [0.4, 0.5) is 26.3 Å². The highest BCUT2D eigenvalue weighted by Crippen LogP contribution is 2.36. The van der Waals surface area contributed by atoms with E-state index in [0.717, 1.165) is 0 Å². The van der Waals surface area contributed by atoms with E-state index in [-0.39, 0.29) is 18.4 Å². The van der Waals surface area contributed by atoms with Gasteiger partial charge in [-0.1, -0.05) is 19.4 Å². The second-order valence-corrected chi connectivity index (χ2v) is 3.25. The minimum Gasteiger partial charge on any atom is -0.283 e. The smallest absolute Gasteiger partial charge is 0.283 e. The average Bonchev–Trinajstić information content (AvgIpc) is 2.14. The van der Waals surface area contributed by atoms with E-state index in [0.29, 0.717) is 7.05 Å². The molecule has 0 aliphatic heterocycles. The standard InChI is InChI=1S/C10H13F6N/c1-4-6(5-2)7(9(11,12)13)8(17-3)10(14,15)16/h4-5H2,1-3H3/b17-8-. The zero-order valence-corrected chi connectivity index (χ0v) is 9.63. The van der Waals surface area contributed by atoms with E-state index in [9.17, 15) is 26.3 Å². The fourth-order valence-electron chi connectivity index (χ4n) is 1.49. The first kappa shape index (κ1) is 16.0. The molecule has 100 valence electrons. The van der Waals surface area contributed by atoms with Gasteiger partial charge in [0.1, 0.15) is 0 Å². The van der Waals surface area contributed by atoms with Crippen LogP contribution in [0.15, 0.2) is 16.1 Å². The van der Waals surface area contributed by atoms with Gasteiger partial charge in [-0.15, -0.1) is 0 Å². The molecule has 0 aliphatic carbocycles. The van der Waals surface area contributed by atoms with E-state index in [4.69, 9.17) is 0 Å². The lowest BCUT2D eigenvalue weighted by Crippen LogP contribution is -2.33. The van der Waals surface area contributed by atoms with Gasteiger partial charge < -0.3 is 0 Å². The van der Waals surface area contributed by atoms with Gasteiger partial charge in [-0.2, -0.15) is 26.3 Å². The monoisotopic (exact) mass is 261 g/mol. The molecule has 0 spiro atoms. The van der Waals surface area contributed by atoms with Crippen molar-refractivity contribution in [1.82, 2.24) is 0 Å². The molecule has 7 heteroatoms. The molecule has 0 saturated heterocycles. The van der Waals surface area contributed by atoms with Crippen LogP contribution < -0.4 is 0 Å². The molecule has 17 heavy (non-hydrogen) atoms. The maximum Gasteiger partial charge on any atom is 0.433 e. The van der Waals surface area contributed by atoms with E-state index >= 15 is 0 Å². The molecule has 0 fully saturated rings. The highest BCUT2D eigenvalue weighted by atomic mass is 19.4. The van der Waals surface area contributed by atoms with Gasteiger partial charge in [-0.3, -0.25) is 4.99 Å². The van der Waals surface area contributed by atoms with Crippen molar-refractivity contribution in [3.63, 3.8) is 0 Å². The number of hydrogen-bond acceptors (Lipinski definition) is 1. The molecule has 0 N–H and O–H groups in total. The summed E-state index contributed by atoms with van der Waals surface area (Å²) in [6, 6.07) is 0. The molecule has 0 aromatic heterocycles. The van der Waals surface area contributed by atoms with Crippen LogP contribution in [0, 0.1) is 0 Å². The zero-order valence-electron chi connectivity index (χ0n) is 9.63. The first-order valence-electron chi connectivity index (χ1n) is 4.93. The van der Waals surface area contributed by atoms with E-state index < -0.39 is 23.6 Å². The molecule has 0 unspecified atom stereocenters. The summed E-state index contributed by atoms with van der Waals surface area (Å²) in [5, 5.41) is 0. The molecule has 0 radical (unpaired) electrons. The number of alkyl halides is 6. The zero-order chi connectivity index (χ0) is 13.9. The molecule has 0 heterocycles. The fourth-order valence-corrected chi connectivity index (χ4v) is 1.49. The second kappa shape index (κ2) is 5.55. The highest BCUT2D eigenvalue weighted by Gasteiger charge is 2.48. The maximum absolute atomic E-state index is 12.7. The van der Waals surface area contributed by atoms with Crippen LogP contribution in [0.5, 0.6) is 0 Å². The van der Waals surface area contributed by atoms with Crippen LogP contribution >= 0.6 is 0 Å². The van der Waals surface area contributed by atoms with Crippen LogP contribution in [0.3, 0.4) is 0 Å². The Balaban J connectivity index is 5.91. The van der Waals surface area contributed by atoms with Crippen molar-refractivity contribution in [2.45, 2.75) is 39.0 Å². The number of aliphatic imine (C=N–C) groups is 1. The highest BCUT2D eigenvalue weighted by molar-refractivity contribution is 6.05. The molecule has 0 bridgehead atoms. The van der Waals surface area contributed by atoms with Gasteiger partial charge in [0.05, 0.1) is 5.57 Å². The normalized spacial score (nSPS) is 13.8. The van der Waals surface area contributed by atoms with E-state index in [1.54, 1.807) is 0 Å². The first-order chi connectivity index (χ1) is 7.59. The predicted molar refractivity (Wildman–Crippen MR) is 53.1 cm³/mol. The van der Waals surface area contributed by atoms with Crippen LogP contribution in [-0.4, -0.2) is 25.1 Å². The topological polar surface area (TPSA) is 12.4 Å². The quantitative estimate of drug-likeness (QED) is 0.530. The Morgan fingerprint density at radius 1 is 0.882 bits per heavy atom. The number of nitrogens with zero attached hydrogens (tertiary/aromatic N) is 1. The Morgan fingerprint density at radius 2 is 1.29 bits per heavy atom. The van der Waals surface area contributed by atoms with Crippen LogP contribution in [0.25, 0.3) is 0 Å². The summed E-state index contributed by atoms with van der Waals surface area (Å²) in [4.78, 5) is 2.76. The van der Waals surface area contributed by atoms with Gasteiger partial charge in [0.25, 0.3) is 0 Å². The Bertz CT molecular complexity index is 315. The van der Waals surface area contributed by atoms with Crippen molar-refractivity contribution in [1.29, 1.82) is 0 Å². The third-order valence-electron chi connectivity index (χ3n) is 2.22. The average molecular weight is 261 g/mol. The van der Waals surface area contributed by atoms with Gasteiger partial charge in [-0.25, -0.2) is 0 Å². The summed E-state index contributed by atoms with van der Waals surface area (Å²) >= 11 is 0. The molecule has 0 aromatic rings. The Morgan fingerprint density at radius 3 is 1.47 bits per heavy atom. The van der Waals surface area contributed by atoms with Crippen molar-refractivity contribution < 1.29 is 26.3 Å². The minimum atomic E-state index is -5.10. The molecule has 0 saturated carbocycles. The van der Waals surface area contributed by atoms with Crippen LogP contribution in [0.2, 0.25) is 0 Å². The largest absolute Gasteiger partial charge is 0.433 e. The van der Waals surface area contributed by atoms with Crippen molar-refractivity contribution in [2.24, 2.45) is 4.99 Å². The molecule has 1 nitrogen and oxygen atoms in total. The van der Waals surface area contributed by atoms with Gasteiger partial charge in [0.15, 0.2) is 5.71 Å². The minimum absolute atomic E-state index is 0.0968. The van der Waals surface area contributed by atoms with Crippen molar-refractivity contribution in [3.8, 4) is 0 Å². The van der Waals surface area contributed by atoms with Crippen LogP contribution in [0.1, 0.15) is 26.7 Å². The molecule has 0 atom stereocenters. The fraction of sp³-hybridized carbons (Fsp3) is 0.700. The molecule has 0 aliphatic rings. The Labute approximate surface area is 95.2 Å². The van der Waals surface area contributed by atoms with Crippen molar-refractivity contribution in [2.75, 3.05) is 7.05 Å². The number of rotatable bonds is 3. The molecular weight excluding hydrogens is 248 g/mol. The summed E-state index contributed by atoms with van der Waals surface area (Å²) in [5.41, 5.74) is -3.81. The summed E-state index contributed by atoms with van der Waals surface area (Å²) in [7, 11) is 0.706. The van der Waals surface area contributed by atoms with Crippen molar-refractivity contribution >= 4 is 5.71 Å². The van der Waals surface area contributed by atoms with E-state index in [1.165, 1.54) is 13.8 Å². The van der Waals surface area contributed by atoms with Gasteiger partial charge in [-0.05, 0) is 12.8 Å². The second-order valence-electron chi connectivity index (χ2n) is 3.25. The lowest BCUT2D eigenvalue weighted by molar-refractivity contribution is -0.0975. The summed E-state index contributed by atoms with van der Waals surface area (Å²) < 4.78 is 75.4. The summed E-state index contributed by atoms with van der Waals surface area (Å²) in [6.07, 6.45) is -10.3. The van der Waals surface area contributed by atoms with E-state index in [2.05, 4.69) is 4.99 Å². The third-order valence-corrected chi connectivity index (χ3v) is 2.22. The summed E-state index contributed by atoms with van der Waals surface area (Å²) in [6.45, 7) is 2.77.